The Morgan fingerprint density at radius 3 is 2.48 bits per heavy atom. The molecule has 134 valence electrons. The van der Waals surface area contributed by atoms with Gasteiger partial charge in [-0.25, -0.2) is 0 Å². The van der Waals surface area contributed by atoms with Gasteiger partial charge in [-0.3, -0.25) is 0 Å². The number of ether oxygens (including phenoxy) is 2. The van der Waals surface area contributed by atoms with E-state index in [2.05, 4.69) is 5.32 Å². The maximum atomic E-state index is 10.1. The van der Waals surface area contributed by atoms with Crippen molar-refractivity contribution in [3.8, 4) is 0 Å². The van der Waals surface area contributed by atoms with Crippen molar-refractivity contribution in [2.24, 2.45) is 0 Å². The minimum absolute atomic E-state index is 0.188. The van der Waals surface area contributed by atoms with E-state index in [0.717, 1.165) is 0 Å². The first-order valence-electron chi connectivity index (χ1n) is 7.51. The molecule has 2 rings (SSSR count). The van der Waals surface area contributed by atoms with Crippen LogP contribution in [-0.2, 0) is 9.47 Å². The standard InChI is InChI=1S/C14H25NO8/c1-22-14-9(18)3-7(10(5-17)23-14)15-8-2-6(4-16)11(19)13(21)12(8)20/h2,7-21H,3-5H2,1H3/t7?,8-,9?,10-,11-,12+,13?,14?/m1/s1. The van der Waals surface area contributed by atoms with Gasteiger partial charge in [-0.2, -0.15) is 0 Å². The van der Waals surface area contributed by atoms with Crippen LogP contribution >= 0.6 is 0 Å². The molecular weight excluding hydrogens is 310 g/mol. The summed E-state index contributed by atoms with van der Waals surface area (Å²) in [5.41, 5.74) is 0.188. The van der Waals surface area contributed by atoms with Crippen LogP contribution in [0.3, 0.4) is 0 Å². The third-order valence-corrected chi connectivity index (χ3v) is 4.38. The Kier molecular flexibility index (Phi) is 6.48. The lowest BCUT2D eigenvalue weighted by molar-refractivity contribution is -0.243. The van der Waals surface area contributed by atoms with Gasteiger partial charge in [-0.05, 0) is 12.0 Å². The lowest BCUT2D eigenvalue weighted by Crippen LogP contribution is -2.61. The third-order valence-electron chi connectivity index (χ3n) is 4.38. The summed E-state index contributed by atoms with van der Waals surface area (Å²) in [5, 5.41) is 61.3. The molecule has 8 atom stereocenters. The van der Waals surface area contributed by atoms with Crippen LogP contribution in [0.4, 0.5) is 0 Å². The lowest BCUT2D eigenvalue weighted by atomic mass is 9.87. The SMILES string of the molecule is COC1O[C@H](CO)C(N[C@@H]2C=C(CO)[C@@H](O)C(O)[C@H]2O)CC1O. The van der Waals surface area contributed by atoms with E-state index >= 15 is 0 Å². The van der Waals surface area contributed by atoms with E-state index in [1.54, 1.807) is 0 Å². The molecule has 23 heavy (non-hydrogen) atoms. The minimum atomic E-state index is -1.45. The highest BCUT2D eigenvalue weighted by Gasteiger charge is 2.42. The zero-order chi connectivity index (χ0) is 17.1. The Balaban J connectivity index is 2.11. The summed E-state index contributed by atoms with van der Waals surface area (Å²) < 4.78 is 10.4. The highest BCUT2D eigenvalue weighted by atomic mass is 16.7. The van der Waals surface area contributed by atoms with Crippen LogP contribution in [0, 0.1) is 0 Å². The van der Waals surface area contributed by atoms with Gasteiger partial charge in [-0.15, -0.1) is 0 Å². The molecule has 0 aromatic heterocycles. The molecule has 1 heterocycles. The van der Waals surface area contributed by atoms with Crippen molar-refractivity contribution in [3.63, 3.8) is 0 Å². The summed E-state index contributed by atoms with van der Waals surface area (Å²) in [6.07, 6.45) is -4.90. The number of aliphatic hydroxyl groups excluding tert-OH is 6. The van der Waals surface area contributed by atoms with Gasteiger partial charge < -0.3 is 45.4 Å². The van der Waals surface area contributed by atoms with E-state index in [1.165, 1.54) is 13.2 Å². The van der Waals surface area contributed by atoms with Gasteiger partial charge in [0.25, 0.3) is 0 Å². The molecule has 9 heteroatoms. The number of hydrogen-bond donors (Lipinski definition) is 7. The number of rotatable bonds is 5. The summed E-state index contributed by atoms with van der Waals surface area (Å²) >= 11 is 0. The van der Waals surface area contributed by atoms with Gasteiger partial charge in [0.1, 0.15) is 24.4 Å². The maximum Gasteiger partial charge on any atom is 0.183 e. The molecule has 0 bridgehead atoms. The molecule has 0 saturated carbocycles. The summed E-state index contributed by atoms with van der Waals surface area (Å²) in [5.74, 6) is 0. The van der Waals surface area contributed by atoms with Gasteiger partial charge in [0.2, 0.25) is 0 Å². The molecule has 9 nitrogen and oxygen atoms in total. The Hall–Kier alpha value is -0.620. The molecule has 4 unspecified atom stereocenters. The van der Waals surface area contributed by atoms with E-state index in [1.807, 2.05) is 0 Å². The fourth-order valence-corrected chi connectivity index (χ4v) is 3.03. The fraction of sp³-hybridized carbons (Fsp3) is 0.857. The fourth-order valence-electron chi connectivity index (χ4n) is 3.03. The highest BCUT2D eigenvalue weighted by Crippen LogP contribution is 2.25. The zero-order valence-corrected chi connectivity index (χ0v) is 12.8. The van der Waals surface area contributed by atoms with Gasteiger partial charge in [-0.1, -0.05) is 6.08 Å². The predicted molar refractivity (Wildman–Crippen MR) is 77.3 cm³/mol. The van der Waals surface area contributed by atoms with Gasteiger partial charge in [0.05, 0.1) is 25.4 Å². The minimum Gasteiger partial charge on any atom is -0.394 e. The summed E-state index contributed by atoms with van der Waals surface area (Å²) in [4.78, 5) is 0. The van der Waals surface area contributed by atoms with Crippen LogP contribution in [0.5, 0.6) is 0 Å². The smallest absolute Gasteiger partial charge is 0.183 e. The van der Waals surface area contributed by atoms with Crippen LogP contribution < -0.4 is 5.32 Å². The topological polar surface area (TPSA) is 152 Å². The van der Waals surface area contributed by atoms with Crippen LogP contribution in [0.1, 0.15) is 6.42 Å². The Bertz CT molecular complexity index is 420. The van der Waals surface area contributed by atoms with Gasteiger partial charge in [0.15, 0.2) is 6.29 Å². The quantitative estimate of drug-likeness (QED) is 0.253. The lowest BCUT2D eigenvalue weighted by Gasteiger charge is -2.42. The van der Waals surface area contributed by atoms with Crippen molar-refractivity contribution >= 4 is 0 Å². The molecule has 2 aliphatic rings. The molecule has 0 aromatic carbocycles. The van der Waals surface area contributed by atoms with Crippen LogP contribution in [0.15, 0.2) is 11.6 Å². The van der Waals surface area contributed by atoms with Crippen molar-refractivity contribution in [3.05, 3.63) is 11.6 Å². The van der Waals surface area contributed by atoms with Crippen molar-refractivity contribution in [2.75, 3.05) is 20.3 Å². The molecule has 1 aliphatic carbocycles. The molecule has 0 aromatic rings. The first kappa shape index (κ1) is 18.7. The number of methoxy groups -OCH3 is 1. The molecule has 1 aliphatic heterocycles. The maximum absolute atomic E-state index is 10.1. The number of aliphatic hydroxyl groups is 6. The molecule has 0 amide bonds. The van der Waals surface area contributed by atoms with Crippen LogP contribution in [-0.4, -0.2) is 99.9 Å². The average Bonchev–Trinajstić information content (AvgIpc) is 2.55. The second-order valence-electron chi connectivity index (χ2n) is 5.89. The normalized spacial score (nSPS) is 44.9. The third kappa shape index (κ3) is 3.90. The van der Waals surface area contributed by atoms with E-state index in [-0.39, 0.29) is 18.6 Å². The monoisotopic (exact) mass is 335 g/mol. The molecular formula is C14H25NO8. The number of hydrogen-bond acceptors (Lipinski definition) is 9. The molecule has 1 fully saturated rings. The van der Waals surface area contributed by atoms with Gasteiger partial charge >= 0.3 is 0 Å². The largest absolute Gasteiger partial charge is 0.394 e. The second kappa shape index (κ2) is 7.97. The van der Waals surface area contributed by atoms with Crippen molar-refractivity contribution in [1.29, 1.82) is 0 Å². The van der Waals surface area contributed by atoms with Crippen molar-refractivity contribution in [1.82, 2.24) is 5.32 Å². The molecule has 0 spiro atoms. The summed E-state index contributed by atoms with van der Waals surface area (Å²) in [6, 6.07) is -1.29. The molecule has 1 saturated heterocycles. The van der Waals surface area contributed by atoms with E-state index in [0.29, 0.717) is 0 Å². The molecule has 7 N–H and O–H groups in total. The predicted octanol–water partition coefficient (Wildman–Crippen LogP) is -3.56. The van der Waals surface area contributed by atoms with Crippen LogP contribution in [0.2, 0.25) is 0 Å². The first-order chi connectivity index (χ1) is 10.9. The van der Waals surface area contributed by atoms with E-state index < -0.39 is 55.5 Å². The Labute approximate surface area is 133 Å². The van der Waals surface area contributed by atoms with Crippen molar-refractivity contribution < 1.29 is 40.1 Å². The van der Waals surface area contributed by atoms with Crippen molar-refractivity contribution in [2.45, 2.75) is 55.3 Å². The summed E-state index contributed by atoms with van der Waals surface area (Å²) in [7, 11) is 1.38. The highest BCUT2D eigenvalue weighted by molar-refractivity contribution is 5.22. The second-order valence-corrected chi connectivity index (χ2v) is 5.89. The Morgan fingerprint density at radius 2 is 1.91 bits per heavy atom. The van der Waals surface area contributed by atoms with Crippen LogP contribution in [0.25, 0.3) is 0 Å². The number of nitrogens with one attached hydrogen (secondary N) is 1. The van der Waals surface area contributed by atoms with E-state index in [4.69, 9.17) is 9.47 Å². The average molecular weight is 335 g/mol. The zero-order valence-electron chi connectivity index (χ0n) is 12.8. The Morgan fingerprint density at radius 1 is 1.22 bits per heavy atom. The summed E-state index contributed by atoms with van der Waals surface area (Å²) in [6.45, 7) is -0.781. The van der Waals surface area contributed by atoms with E-state index in [9.17, 15) is 30.6 Å². The first-order valence-corrected chi connectivity index (χ1v) is 7.51. The van der Waals surface area contributed by atoms with Gasteiger partial charge in [0, 0.05) is 13.2 Å². The molecule has 0 radical (unpaired) electrons.